The molecule has 0 saturated carbocycles. The molecule has 0 aromatic rings. The molecule has 16 heavy (non-hydrogen) atoms. The summed E-state index contributed by atoms with van der Waals surface area (Å²) in [5.41, 5.74) is 0. The van der Waals surface area contributed by atoms with Gasteiger partial charge < -0.3 is 19.7 Å². The van der Waals surface area contributed by atoms with Crippen molar-refractivity contribution in [3.05, 3.63) is 0 Å². The van der Waals surface area contributed by atoms with Crippen molar-refractivity contribution < 1.29 is 9.47 Å². The lowest BCUT2D eigenvalue weighted by Gasteiger charge is -2.19. The van der Waals surface area contributed by atoms with Crippen molar-refractivity contribution in [2.24, 2.45) is 0 Å². The van der Waals surface area contributed by atoms with Crippen LogP contribution < -0.4 is 5.32 Å². The lowest BCUT2D eigenvalue weighted by molar-refractivity contribution is 0.142. The van der Waals surface area contributed by atoms with Crippen LogP contribution in [0.15, 0.2) is 0 Å². The molecule has 0 aliphatic rings. The standard InChI is InChI=1S/C12H28N2O2/c1-4-14(10-12-15-3)9-8-13-7-6-11-16-5-2/h13H,4-12H2,1-3H3. The fraction of sp³-hybridized carbons (Fsp3) is 1.00. The Kier molecular flexibility index (Phi) is 12.8. The Hall–Kier alpha value is -0.160. The number of hydrogen-bond donors (Lipinski definition) is 1. The van der Waals surface area contributed by atoms with Crippen LogP contribution in [0.2, 0.25) is 0 Å². The first kappa shape index (κ1) is 15.8. The summed E-state index contributed by atoms with van der Waals surface area (Å²) in [4.78, 5) is 2.39. The van der Waals surface area contributed by atoms with Crippen LogP contribution >= 0.6 is 0 Å². The van der Waals surface area contributed by atoms with E-state index in [1.54, 1.807) is 7.11 Å². The number of likely N-dealkylation sites (N-methyl/N-ethyl adjacent to an activating group) is 1. The van der Waals surface area contributed by atoms with Gasteiger partial charge in [-0.25, -0.2) is 0 Å². The van der Waals surface area contributed by atoms with Crippen LogP contribution in [0.4, 0.5) is 0 Å². The fourth-order valence-corrected chi connectivity index (χ4v) is 1.45. The van der Waals surface area contributed by atoms with Gasteiger partial charge in [0.1, 0.15) is 0 Å². The van der Waals surface area contributed by atoms with Crippen molar-refractivity contribution in [1.29, 1.82) is 0 Å². The number of nitrogens with zero attached hydrogens (tertiary/aromatic N) is 1. The van der Waals surface area contributed by atoms with Crippen LogP contribution in [0.1, 0.15) is 20.3 Å². The first-order valence-corrected chi connectivity index (χ1v) is 6.34. The maximum atomic E-state index is 5.27. The van der Waals surface area contributed by atoms with Crippen LogP contribution in [0.25, 0.3) is 0 Å². The zero-order chi connectivity index (χ0) is 12.1. The first-order valence-electron chi connectivity index (χ1n) is 6.34. The van der Waals surface area contributed by atoms with Crippen LogP contribution in [0.5, 0.6) is 0 Å². The summed E-state index contributed by atoms with van der Waals surface area (Å²) in [6.07, 6.45) is 1.10. The molecule has 0 radical (unpaired) electrons. The number of nitrogens with one attached hydrogen (secondary N) is 1. The SMILES string of the molecule is CCOCCCNCCN(CC)CCOC. The molecule has 0 rings (SSSR count). The average Bonchev–Trinajstić information content (AvgIpc) is 2.32. The normalized spacial score (nSPS) is 11.2. The fourth-order valence-electron chi connectivity index (χ4n) is 1.45. The maximum Gasteiger partial charge on any atom is 0.0589 e. The van der Waals surface area contributed by atoms with Crippen molar-refractivity contribution in [3.63, 3.8) is 0 Å². The van der Waals surface area contributed by atoms with Crippen LogP contribution in [-0.2, 0) is 9.47 Å². The molecule has 0 amide bonds. The predicted molar refractivity (Wildman–Crippen MR) is 68.0 cm³/mol. The highest BCUT2D eigenvalue weighted by Crippen LogP contribution is 1.87. The molecule has 0 aromatic heterocycles. The van der Waals surface area contributed by atoms with E-state index in [0.29, 0.717) is 0 Å². The Morgan fingerprint density at radius 3 is 2.50 bits per heavy atom. The van der Waals surface area contributed by atoms with E-state index in [2.05, 4.69) is 17.1 Å². The maximum absolute atomic E-state index is 5.27. The van der Waals surface area contributed by atoms with Gasteiger partial charge in [-0.3, -0.25) is 0 Å². The van der Waals surface area contributed by atoms with Crippen LogP contribution in [0.3, 0.4) is 0 Å². The third kappa shape index (κ3) is 10.4. The van der Waals surface area contributed by atoms with Crippen molar-refractivity contribution >= 4 is 0 Å². The minimum Gasteiger partial charge on any atom is -0.383 e. The van der Waals surface area contributed by atoms with Gasteiger partial charge in [0.25, 0.3) is 0 Å². The van der Waals surface area contributed by atoms with E-state index < -0.39 is 0 Å². The highest BCUT2D eigenvalue weighted by atomic mass is 16.5. The number of rotatable bonds is 12. The molecule has 98 valence electrons. The van der Waals surface area contributed by atoms with Gasteiger partial charge in [0.05, 0.1) is 6.61 Å². The Morgan fingerprint density at radius 2 is 1.88 bits per heavy atom. The van der Waals surface area contributed by atoms with Gasteiger partial charge in [0.15, 0.2) is 0 Å². The van der Waals surface area contributed by atoms with Crippen molar-refractivity contribution in [1.82, 2.24) is 10.2 Å². The van der Waals surface area contributed by atoms with Gasteiger partial charge in [-0.1, -0.05) is 6.92 Å². The van der Waals surface area contributed by atoms with E-state index in [1.807, 2.05) is 6.92 Å². The zero-order valence-electron chi connectivity index (χ0n) is 11.1. The minimum atomic E-state index is 0.818. The quantitative estimate of drug-likeness (QED) is 0.508. The Balaban J connectivity index is 3.20. The molecular weight excluding hydrogens is 204 g/mol. The van der Waals surface area contributed by atoms with E-state index in [-0.39, 0.29) is 0 Å². The zero-order valence-corrected chi connectivity index (χ0v) is 11.1. The molecule has 0 atom stereocenters. The van der Waals surface area contributed by atoms with Gasteiger partial charge in [-0.05, 0) is 26.4 Å². The lowest BCUT2D eigenvalue weighted by atomic mass is 10.4. The van der Waals surface area contributed by atoms with Gasteiger partial charge >= 0.3 is 0 Å². The van der Waals surface area contributed by atoms with Gasteiger partial charge in [-0.15, -0.1) is 0 Å². The Morgan fingerprint density at radius 1 is 1.06 bits per heavy atom. The highest BCUT2D eigenvalue weighted by molar-refractivity contribution is 4.57. The summed E-state index contributed by atoms with van der Waals surface area (Å²) < 4.78 is 10.3. The smallest absolute Gasteiger partial charge is 0.0589 e. The van der Waals surface area contributed by atoms with E-state index in [4.69, 9.17) is 9.47 Å². The second-order valence-electron chi connectivity index (χ2n) is 3.73. The summed E-state index contributed by atoms with van der Waals surface area (Å²) in [6.45, 7) is 12.0. The second-order valence-corrected chi connectivity index (χ2v) is 3.73. The van der Waals surface area contributed by atoms with Crippen molar-refractivity contribution in [2.45, 2.75) is 20.3 Å². The Bertz CT molecular complexity index is 134. The number of hydrogen-bond acceptors (Lipinski definition) is 4. The topological polar surface area (TPSA) is 33.7 Å². The average molecular weight is 232 g/mol. The van der Waals surface area contributed by atoms with E-state index in [9.17, 15) is 0 Å². The molecule has 4 nitrogen and oxygen atoms in total. The Labute approximate surface area is 100 Å². The van der Waals surface area contributed by atoms with E-state index in [0.717, 1.165) is 59.0 Å². The summed E-state index contributed by atoms with van der Waals surface area (Å²) in [7, 11) is 1.75. The van der Waals surface area contributed by atoms with Gasteiger partial charge in [0.2, 0.25) is 0 Å². The number of methoxy groups -OCH3 is 1. The predicted octanol–water partition coefficient (Wildman–Crippen LogP) is 0.971. The largest absolute Gasteiger partial charge is 0.383 e. The first-order chi connectivity index (χ1) is 7.85. The summed E-state index contributed by atoms with van der Waals surface area (Å²) >= 11 is 0. The molecular formula is C12H28N2O2. The molecule has 0 aliphatic heterocycles. The molecule has 0 bridgehead atoms. The lowest BCUT2D eigenvalue weighted by Crippen LogP contribution is -2.34. The van der Waals surface area contributed by atoms with Crippen LogP contribution in [0, 0.1) is 0 Å². The molecule has 0 fully saturated rings. The van der Waals surface area contributed by atoms with E-state index >= 15 is 0 Å². The van der Waals surface area contributed by atoms with Crippen molar-refractivity contribution in [3.8, 4) is 0 Å². The molecule has 0 aliphatic carbocycles. The molecule has 1 N–H and O–H groups in total. The summed E-state index contributed by atoms with van der Waals surface area (Å²) in [5.74, 6) is 0. The van der Waals surface area contributed by atoms with E-state index in [1.165, 1.54) is 0 Å². The molecule has 0 spiro atoms. The molecule has 4 heteroatoms. The molecule has 0 aromatic carbocycles. The minimum absolute atomic E-state index is 0.818. The van der Waals surface area contributed by atoms with Crippen molar-refractivity contribution in [2.75, 3.05) is 59.7 Å². The molecule has 0 saturated heterocycles. The third-order valence-corrected chi connectivity index (χ3v) is 2.51. The number of ether oxygens (including phenoxy) is 2. The summed E-state index contributed by atoms with van der Waals surface area (Å²) in [5, 5.41) is 3.42. The highest BCUT2D eigenvalue weighted by Gasteiger charge is 2.00. The van der Waals surface area contributed by atoms with Gasteiger partial charge in [0, 0.05) is 40.0 Å². The molecule has 0 heterocycles. The summed E-state index contributed by atoms with van der Waals surface area (Å²) in [6, 6.07) is 0. The third-order valence-electron chi connectivity index (χ3n) is 2.51. The monoisotopic (exact) mass is 232 g/mol. The van der Waals surface area contributed by atoms with Gasteiger partial charge in [-0.2, -0.15) is 0 Å². The second kappa shape index (κ2) is 12.9. The van der Waals surface area contributed by atoms with Crippen LogP contribution in [-0.4, -0.2) is 64.6 Å². The molecule has 0 unspecified atom stereocenters.